The lowest BCUT2D eigenvalue weighted by Crippen LogP contribution is -2.54. The second-order valence-electron chi connectivity index (χ2n) is 6.73. The summed E-state index contributed by atoms with van der Waals surface area (Å²) in [6.45, 7) is 1.92. The van der Waals surface area contributed by atoms with Crippen LogP contribution in [0.1, 0.15) is 12.8 Å². The summed E-state index contributed by atoms with van der Waals surface area (Å²) < 4.78 is 27.3. The number of hydrogen-bond donors (Lipinski definition) is 1. The van der Waals surface area contributed by atoms with Crippen molar-refractivity contribution in [2.75, 3.05) is 19.6 Å². The highest BCUT2D eigenvalue weighted by Gasteiger charge is 2.51. The van der Waals surface area contributed by atoms with Crippen LogP contribution < -0.4 is 5.32 Å². The molecule has 1 aromatic rings. The molecule has 5 rings (SSSR count). The molecule has 4 unspecified atom stereocenters. The van der Waals surface area contributed by atoms with E-state index in [1.54, 1.807) is 0 Å². The van der Waals surface area contributed by atoms with Gasteiger partial charge < -0.3 is 5.32 Å². The standard InChI is InChI=1S/C15H19N3O4S/c19-18(20)14-3-1-2-4-15(14)23(21,22)17-8-11-10-5-6-13(16-7-10)12(11)9-17/h1-4,10-13,16H,5-9H2. The molecule has 7 nitrogen and oxygen atoms in total. The van der Waals surface area contributed by atoms with E-state index >= 15 is 0 Å². The van der Waals surface area contributed by atoms with Crippen molar-refractivity contribution in [2.45, 2.75) is 23.8 Å². The van der Waals surface area contributed by atoms with Gasteiger partial charge in [0, 0.05) is 25.2 Å². The smallest absolute Gasteiger partial charge is 0.289 e. The van der Waals surface area contributed by atoms with Gasteiger partial charge in [-0.3, -0.25) is 10.1 Å². The molecule has 8 heteroatoms. The van der Waals surface area contributed by atoms with Crippen LogP contribution in [0.4, 0.5) is 5.69 Å². The van der Waals surface area contributed by atoms with E-state index in [0.29, 0.717) is 36.9 Å². The molecule has 0 aromatic heterocycles. The quantitative estimate of drug-likeness (QED) is 0.661. The summed E-state index contributed by atoms with van der Waals surface area (Å²) in [5, 5.41) is 14.7. The third-order valence-electron chi connectivity index (χ3n) is 5.67. The topological polar surface area (TPSA) is 92.5 Å². The number of hydrogen-bond acceptors (Lipinski definition) is 5. The van der Waals surface area contributed by atoms with E-state index in [9.17, 15) is 18.5 Å². The first-order chi connectivity index (χ1) is 11.0. The Morgan fingerprint density at radius 1 is 1.17 bits per heavy atom. The van der Waals surface area contributed by atoms with Gasteiger partial charge in [-0.05, 0) is 43.2 Å². The minimum atomic E-state index is -3.83. The van der Waals surface area contributed by atoms with Gasteiger partial charge in [-0.1, -0.05) is 12.1 Å². The summed E-state index contributed by atoms with van der Waals surface area (Å²) >= 11 is 0. The number of nitrogens with zero attached hydrogens (tertiary/aromatic N) is 2. The number of fused-ring (bicyclic) bond motifs is 2. The van der Waals surface area contributed by atoms with Gasteiger partial charge in [-0.25, -0.2) is 8.42 Å². The van der Waals surface area contributed by atoms with Crippen molar-refractivity contribution in [2.24, 2.45) is 17.8 Å². The molecule has 4 fully saturated rings. The molecule has 23 heavy (non-hydrogen) atoms. The van der Waals surface area contributed by atoms with Gasteiger partial charge in [-0.15, -0.1) is 0 Å². The Hall–Kier alpha value is -1.51. The second-order valence-corrected chi connectivity index (χ2v) is 8.63. The van der Waals surface area contributed by atoms with Crippen molar-refractivity contribution in [3.63, 3.8) is 0 Å². The molecule has 1 aliphatic carbocycles. The first-order valence-corrected chi connectivity index (χ1v) is 9.39. The first kappa shape index (κ1) is 15.0. The molecule has 0 amide bonds. The van der Waals surface area contributed by atoms with Crippen LogP contribution in [-0.2, 0) is 10.0 Å². The van der Waals surface area contributed by atoms with Gasteiger partial charge in [0.15, 0.2) is 4.90 Å². The monoisotopic (exact) mass is 337 g/mol. The number of nitro benzene ring substituents is 1. The van der Waals surface area contributed by atoms with Crippen molar-refractivity contribution in [1.29, 1.82) is 0 Å². The molecule has 1 aromatic carbocycles. The predicted molar refractivity (Wildman–Crippen MR) is 83.3 cm³/mol. The molecular weight excluding hydrogens is 318 g/mol. The lowest BCUT2D eigenvalue weighted by molar-refractivity contribution is -0.387. The lowest BCUT2D eigenvalue weighted by Gasteiger charge is -2.45. The molecule has 4 atom stereocenters. The summed E-state index contributed by atoms with van der Waals surface area (Å²) in [4.78, 5) is 10.3. The van der Waals surface area contributed by atoms with E-state index in [4.69, 9.17) is 0 Å². The van der Waals surface area contributed by atoms with E-state index in [1.165, 1.54) is 28.6 Å². The fourth-order valence-electron chi connectivity index (χ4n) is 4.53. The van der Waals surface area contributed by atoms with Gasteiger partial charge >= 0.3 is 0 Å². The summed E-state index contributed by atoms with van der Waals surface area (Å²) in [7, 11) is -3.83. The molecule has 0 spiro atoms. The van der Waals surface area contributed by atoms with E-state index in [2.05, 4.69) is 5.32 Å². The van der Waals surface area contributed by atoms with E-state index in [-0.39, 0.29) is 10.6 Å². The van der Waals surface area contributed by atoms with Gasteiger partial charge in [0.2, 0.25) is 10.0 Å². The average Bonchev–Trinajstić information content (AvgIpc) is 3.04. The third kappa shape index (κ3) is 2.28. The average molecular weight is 337 g/mol. The van der Waals surface area contributed by atoms with Gasteiger partial charge in [0.05, 0.1) is 4.92 Å². The first-order valence-electron chi connectivity index (χ1n) is 7.95. The Bertz CT molecular complexity index is 723. The minimum absolute atomic E-state index is 0.191. The number of sulfonamides is 1. The molecule has 3 heterocycles. The number of benzene rings is 1. The predicted octanol–water partition coefficient (Wildman–Crippen LogP) is 1.21. The maximum atomic E-state index is 12.9. The molecule has 1 saturated carbocycles. The fraction of sp³-hybridized carbons (Fsp3) is 0.600. The van der Waals surface area contributed by atoms with Gasteiger partial charge in [0.1, 0.15) is 0 Å². The van der Waals surface area contributed by atoms with Crippen LogP contribution in [0.5, 0.6) is 0 Å². The maximum absolute atomic E-state index is 12.9. The van der Waals surface area contributed by atoms with Crippen molar-refractivity contribution in [1.82, 2.24) is 9.62 Å². The Morgan fingerprint density at radius 2 is 1.91 bits per heavy atom. The minimum Gasteiger partial charge on any atom is -0.313 e. The highest BCUT2D eigenvalue weighted by molar-refractivity contribution is 7.89. The molecule has 1 N–H and O–H groups in total. The summed E-state index contributed by atoms with van der Waals surface area (Å²) in [5.41, 5.74) is -0.344. The van der Waals surface area contributed by atoms with Crippen LogP contribution in [0.25, 0.3) is 0 Å². The van der Waals surface area contributed by atoms with Crippen LogP contribution >= 0.6 is 0 Å². The van der Waals surface area contributed by atoms with E-state index in [0.717, 1.165) is 19.4 Å². The number of para-hydroxylation sites is 1. The van der Waals surface area contributed by atoms with Crippen LogP contribution in [0, 0.1) is 27.9 Å². The van der Waals surface area contributed by atoms with Crippen LogP contribution in [0.2, 0.25) is 0 Å². The number of rotatable bonds is 3. The highest BCUT2D eigenvalue weighted by Crippen LogP contribution is 2.45. The molecule has 3 saturated heterocycles. The zero-order valence-electron chi connectivity index (χ0n) is 12.6. The Balaban J connectivity index is 1.67. The van der Waals surface area contributed by atoms with E-state index < -0.39 is 14.9 Å². The van der Waals surface area contributed by atoms with Crippen LogP contribution in [0.3, 0.4) is 0 Å². The largest absolute Gasteiger partial charge is 0.313 e. The number of nitrogens with one attached hydrogen (secondary N) is 1. The van der Waals surface area contributed by atoms with Crippen molar-refractivity contribution in [3.8, 4) is 0 Å². The van der Waals surface area contributed by atoms with Crippen molar-refractivity contribution < 1.29 is 13.3 Å². The lowest BCUT2D eigenvalue weighted by atomic mass is 9.68. The number of nitro groups is 1. The molecule has 124 valence electrons. The van der Waals surface area contributed by atoms with Crippen LogP contribution in [0.15, 0.2) is 29.2 Å². The van der Waals surface area contributed by atoms with Crippen molar-refractivity contribution in [3.05, 3.63) is 34.4 Å². The van der Waals surface area contributed by atoms with E-state index in [1.807, 2.05) is 0 Å². The second kappa shape index (κ2) is 5.25. The van der Waals surface area contributed by atoms with Crippen LogP contribution in [-0.4, -0.2) is 43.3 Å². The molecule has 2 bridgehead atoms. The molecule has 3 aliphatic heterocycles. The summed E-state index contributed by atoms with van der Waals surface area (Å²) in [5.74, 6) is 1.24. The third-order valence-corrected chi connectivity index (χ3v) is 7.55. The molecule has 4 aliphatic rings. The van der Waals surface area contributed by atoms with Gasteiger partial charge in [0.25, 0.3) is 5.69 Å². The SMILES string of the molecule is O=[N+]([O-])c1ccccc1S(=O)(=O)N1CC2C3CCC(NC3)C2C1. The zero-order chi connectivity index (χ0) is 16.2. The Kier molecular flexibility index (Phi) is 3.44. The highest BCUT2D eigenvalue weighted by atomic mass is 32.2. The normalized spacial score (nSPS) is 33.6. The number of piperidine rings is 2. The Morgan fingerprint density at radius 3 is 2.57 bits per heavy atom. The van der Waals surface area contributed by atoms with Crippen molar-refractivity contribution >= 4 is 15.7 Å². The molecule has 0 radical (unpaired) electrons. The summed E-state index contributed by atoms with van der Waals surface area (Å²) in [6, 6.07) is 6.00. The maximum Gasteiger partial charge on any atom is 0.289 e. The van der Waals surface area contributed by atoms with Gasteiger partial charge in [-0.2, -0.15) is 4.31 Å². The fourth-order valence-corrected chi connectivity index (χ4v) is 6.21. The summed E-state index contributed by atoms with van der Waals surface area (Å²) in [6.07, 6.45) is 2.25. The molecular formula is C15H19N3O4S. The Labute approximate surface area is 134 Å². The zero-order valence-corrected chi connectivity index (χ0v) is 13.4.